The Hall–Kier alpha value is -6.60. The van der Waals surface area contributed by atoms with Crippen LogP contribution in [0.25, 0.3) is 21.5 Å². The fourth-order valence-corrected chi connectivity index (χ4v) is 5.01. The van der Waals surface area contributed by atoms with Gasteiger partial charge in [0, 0.05) is 6.42 Å². The lowest BCUT2D eigenvalue weighted by Crippen LogP contribution is -1.98. The number of nitrogens with zero attached hydrogens (tertiary/aromatic N) is 4. The van der Waals surface area contributed by atoms with Gasteiger partial charge in [0.05, 0.1) is 22.3 Å². The summed E-state index contributed by atoms with van der Waals surface area (Å²) in [6.07, 6.45) is 0.448. The Balaban J connectivity index is 1.46. The maximum absolute atomic E-state index is 9.53. The van der Waals surface area contributed by atoms with E-state index < -0.39 is 0 Å². The van der Waals surface area contributed by atoms with Gasteiger partial charge in [0.15, 0.2) is 0 Å². The monoisotopic (exact) mass is 552 g/mol. The zero-order chi connectivity index (χ0) is 29.8. The Morgan fingerprint density at radius 3 is 1.16 bits per heavy atom. The smallest absolute Gasteiger partial charge is 0.131 e. The molecular weight excluding hydrogens is 532 g/mol. The highest BCUT2D eigenvalue weighted by Crippen LogP contribution is 2.37. The summed E-state index contributed by atoms with van der Waals surface area (Å²) >= 11 is 0. The number of nitriles is 4. The van der Waals surface area contributed by atoms with Crippen molar-refractivity contribution in [2.24, 2.45) is 0 Å². The van der Waals surface area contributed by atoms with Gasteiger partial charge in [-0.1, -0.05) is 48.5 Å². The van der Waals surface area contributed by atoms with Crippen molar-refractivity contribution in [1.82, 2.24) is 0 Å². The Morgan fingerprint density at radius 2 is 0.791 bits per heavy atom. The minimum atomic E-state index is 0.242. The third kappa shape index (κ3) is 5.41. The summed E-state index contributed by atoms with van der Waals surface area (Å²) in [6, 6.07) is 41.9. The molecule has 200 valence electrons. The maximum atomic E-state index is 9.53. The molecule has 0 aliphatic carbocycles. The number of hydrogen-bond acceptors (Lipinski definition) is 6. The predicted octanol–water partition coefficient (Wildman–Crippen LogP) is 8.66. The second-order valence-electron chi connectivity index (χ2n) is 9.86. The molecule has 6 rings (SSSR count). The van der Waals surface area contributed by atoms with Crippen molar-refractivity contribution in [2.45, 2.75) is 6.42 Å². The number of hydrogen-bond donors (Lipinski definition) is 0. The number of ether oxygens (including phenoxy) is 2. The van der Waals surface area contributed by atoms with Crippen LogP contribution in [0.1, 0.15) is 33.4 Å². The number of rotatable bonds is 6. The topological polar surface area (TPSA) is 114 Å². The molecule has 0 saturated carbocycles. The minimum absolute atomic E-state index is 0.242. The first kappa shape index (κ1) is 26.6. The summed E-state index contributed by atoms with van der Waals surface area (Å²) in [7, 11) is 0. The van der Waals surface area contributed by atoms with Crippen LogP contribution in [0, 0.1) is 45.3 Å². The molecule has 0 aromatic heterocycles. The zero-order valence-corrected chi connectivity index (χ0v) is 22.7. The van der Waals surface area contributed by atoms with E-state index in [1.807, 2.05) is 72.8 Å². The SMILES string of the molecule is N#Cc1ccc(Oc2cc3ccccc3cc2Cc2cc3ccccc3cc2Oc2ccc(C#N)c(C#N)c2)cc1C#N. The molecule has 0 aliphatic rings. The molecule has 0 bridgehead atoms. The second-order valence-corrected chi connectivity index (χ2v) is 9.86. The van der Waals surface area contributed by atoms with E-state index in [4.69, 9.17) is 9.47 Å². The van der Waals surface area contributed by atoms with Gasteiger partial charge < -0.3 is 9.47 Å². The molecule has 43 heavy (non-hydrogen) atoms. The number of benzene rings is 6. The van der Waals surface area contributed by atoms with Gasteiger partial charge in [-0.2, -0.15) is 21.0 Å². The maximum Gasteiger partial charge on any atom is 0.131 e. The Morgan fingerprint density at radius 1 is 0.419 bits per heavy atom. The first-order valence-electron chi connectivity index (χ1n) is 13.4. The fraction of sp³-hybridized carbons (Fsp3) is 0.0270. The Bertz CT molecular complexity index is 2070. The molecule has 6 nitrogen and oxygen atoms in total. The van der Waals surface area contributed by atoms with E-state index in [9.17, 15) is 21.0 Å². The molecule has 6 heteroatoms. The summed E-state index contributed by atoms with van der Waals surface area (Å²) in [5.41, 5.74) is 2.83. The van der Waals surface area contributed by atoms with Gasteiger partial charge in [0.1, 0.15) is 47.3 Å². The second kappa shape index (κ2) is 11.5. The molecule has 0 heterocycles. The van der Waals surface area contributed by atoms with Crippen LogP contribution in [0.15, 0.2) is 109 Å². The first-order valence-corrected chi connectivity index (χ1v) is 13.4. The molecule has 0 atom stereocenters. The molecule has 6 aromatic carbocycles. The summed E-state index contributed by atoms with van der Waals surface area (Å²) in [6.45, 7) is 0. The summed E-state index contributed by atoms with van der Waals surface area (Å²) in [5, 5.41) is 41.8. The number of fused-ring (bicyclic) bond motifs is 2. The zero-order valence-electron chi connectivity index (χ0n) is 22.7. The molecule has 0 spiro atoms. The first-order chi connectivity index (χ1) is 21.1. The molecule has 0 saturated heterocycles. The van der Waals surface area contributed by atoms with Crippen LogP contribution in [0.3, 0.4) is 0 Å². The van der Waals surface area contributed by atoms with E-state index in [1.54, 1.807) is 36.4 Å². The fourth-order valence-electron chi connectivity index (χ4n) is 5.01. The van der Waals surface area contributed by atoms with Crippen molar-refractivity contribution in [3.05, 3.63) is 143 Å². The van der Waals surface area contributed by atoms with Crippen molar-refractivity contribution >= 4 is 21.5 Å². The van der Waals surface area contributed by atoms with Gasteiger partial charge in [-0.15, -0.1) is 0 Å². The lowest BCUT2D eigenvalue weighted by molar-refractivity contribution is 0.472. The third-order valence-corrected chi connectivity index (χ3v) is 7.16. The largest absolute Gasteiger partial charge is 0.457 e. The van der Waals surface area contributed by atoms with Gasteiger partial charge in [0.25, 0.3) is 0 Å². The summed E-state index contributed by atoms with van der Waals surface area (Å²) < 4.78 is 12.7. The summed E-state index contributed by atoms with van der Waals surface area (Å²) in [5.74, 6) is 2.11. The van der Waals surface area contributed by atoms with E-state index in [1.165, 1.54) is 0 Å². The molecule has 0 aliphatic heterocycles. The van der Waals surface area contributed by atoms with Crippen molar-refractivity contribution in [3.8, 4) is 47.3 Å². The van der Waals surface area contributed by atoms with Crippen molar-refractivity contribution < 1.29 is 9.47 Å². The average molecular weight is 553 g/mol. The van der Waals surface area contributed by atoms with Gasteiger partial charge in [-0.3, -0.25) is 0 Å². The van der Waals surface area contributed by atoms with E-state index in [2.05, 4.69) is 24.3 Å². The highest BCUT2D eigenvalue weighted by atomic mass is 16.5. The van der Waals surface area contributed by atoms with Crippen LogP contribution in [0.2, 0.25) is 0 Å². The molecule has 6 aromatic rings. The van der Waals surface area contributed by atoms with E-state index in [0.29, 0.717) is 29.4 Å². The van der Waals surface area contributed by atoms with Crippen LogP contribution >= 0.6 is 0 Å². The van der Waals surface area contributed by atoms with Crippen molar-refractivity contribution in [1.29, 1.82) is 21.0 Å². The lowest BCUT2D eigenvalue weighted by Gasteiger charge is -2.17. The standard InChI is InChI=1S/C37H20N4O2/c38-20-28-9-11-34(16-32(28)22-40)42-36-18-26-7-3-1-5-24(26)13-30(36)15-31-14-25-6-2-4-8-27(25)19-37(31)43-35-12-10-29(21-39)33(17-35)23-41/h1-14,16-19H,15H2. The van der Waals surface area contributed by atoms with Gasteiger partial charge in [-0.25, -0.2) is 0 Å². The van der Waals surface area contributed by atoms with Crippen molar-refractivity contribution in [2.75, 3.05) is 0 Å². The average Bonchev–Trinajstić information content (AvgIpc) is 3.05. The normalized spacial score (nSPS) is 10.3. The summed E-state index contributed by atoms with van der Waals surface area (Å²) in [4.78, 5) is 0. The molecule has 0 unspecified atom stereocenters. The minimum Gasteiger partial charge on any atom is -0.457 e. The van der Waals surface area contributed by atoms with Crippen LogP contribution in [0.5, 0.6) is 23.0 Å². The van der Waals surface area contributed by atoms with Gasteiger partial charge in [0.2, 0.25) is 0 Å². The third-order valence-electron chi connectivity index (χ3n) is 7.16. The van der Waals surface area contributed by atoms with Crippen LogP contribution in [-0.2, 0) is 6.42 Å². The molecule has 0 N–H and O–H groups in total. The molecular formula is C37H20N4O2. The van der Waals surface area contributed by atoms with Crippen LogP contribution in [0.4, 0.5) is 0 Å². The molecule has 0 radical (unpaired) electrons. The van der Waals surface area contributed by atoms with Gasteiger partial charge in [-0.05, 0) is 93.3 Å². The lowest BCUT2D eigenvalue weighted by atomic mass is 9.97. The van der Waals surface area contributed by atoms with Crippen LogP contribution in [-0.4, -0.2) is 0 Å². The van der Waals surface area contributed by atoms with Crippen LogP contribution < -0.4 is 9.47 Å². The van der Waals surface area contributed by atoms with Crippen molar-refractivity contribution in [3.63, 3.8) is 0 Å². The molecule has 0 fully saturated rings. The quantitative estimate of drug-likeness (QED) is 0.204. The highest BCUT2D eigenvalue weighted by Gasteiger charge is 2.15. The Kier molecular flexibility index (Phi) is 7.11. The van der Waals surface area contributed by atoms with E-state index in [-0.39, 0.29) is 22.3 Å². The Labute approximate surface area is 248 Å². The molecule has 0 amide bonds. The predicted molar refractivity (Wildman–Crippen MR) is 163 cm³/mol. The van der Waals surface area contributed by atoms with Gasteiger partial charge >= 0.3 is 0 Å². The van der Waals surface area contributed by atoms with E-state index in [0.717, 1.165) is 32.7 Å². The highest BCUT2D eigenvalue weighted by molar-refractivity contribution is 5.87. The van der Waals surface area contributed by atoms with E-state index >= 15 is 0 Å².